The predicted octanol–water partition coefficient (Wildman–Crippen LogP) is 2.81. The molecule has 2 aliphatic rings. The van der Waals surface area contributed by atoms with Gasteiger partial charge in [-0.1, -0.05) is 26.8 Å². The van der Waals surface area contributed by atoms with Gasteiger partial charge in [-0.15, -0.1) is 0 Å². The maximum Gasteiger partial charge on any atom is 0.128 e. The van der Waals surface area contributed by atoms with Crippen molar-refractivity contribution in [2.75, 3.05) is 24.5 Å². The fourth-order valence-corrected chi connectivity index (χ4v) is 3.80. The fourth-order valence-electron chi connectivity index (χ4n) is 3.80. The molecule has 3 nitrogen and oxygen atoms in total. The molecule has 2 aliphatic heterocycles. The second-order valence-electron chi connectivity index (χ2n) is 7.94. The molecule has 3 heteroatoms. The van der Waals surface area contributed by atoms with Crippen LogP contribution < -0.4 is 10.2 Å². The number of rotatable bonds is 1. The van der Waals surface area contributed by atoms with Crippen LogP contribution >= 0.6 is 0 Å². The van der Waals surface area contributed by atoms with Crippen molar-refractivity contribution in [1.82, 2.24) is 10.3 Å². The average Bonchev–Trinajstić information content (AvgIpc) is 2.91. The van der Waals surface area contributed by atoms with E-state index in [-0.39, 0.29) is 11.0 Å². The maximum absolute atomic E-state index is 4.76. The zero-order valence-electron chi connectivity index (χ0n) is 13.4. The lowest BCUT2D eigenvalue weighted by atomic mass is 9.85. The minimum atomic E-state index is 0.173. The Bertz CT molecular complexity index is 484. The highest BCUT2D eigenvalue weighted by Crippen LogP contribution is 2.42. The minimum Gasteiger partial charge on any atom is -0.351 e. The minimum absolute atomic E-state index is 0.173. The molecule has 1 aromatic rings. The first-order chi connectivity index (χ1) is 9.30. The van der Waals surface area contributed by atoms with E-state index >= 15 is 0 Å². The highest BCUT2D eigenvalue weighted by Gasteiger charge is 2.49. The Hall–Kier alpha value is -1.09. The number of hydrogen-bond acceptors (Lipinski definition) is 3. The van der Waals surface area contributed by atoms with E-state index in [1.54, 1.807) is 0 Å². The summed E-state index contributed by atoms with van der Waals surface area (Å²) in [5.74, 6) is 2.65. The van der Waals surface area contributed by atoms with E-state index < -0.39 is 0 Å². The van der Waals surface area contributed by atoms with E-state index in [1.807, 2.05) is 0 Å². The first kappa shape index (κ1) is 13.9. The van der Waals surface area contributed by atoms with E-state index in [4.69, 9.17) is 4.98 Å². The van der Waals surface area contributed by atoms with Gasteiger partial charge in [0.25, 0.3) is 0 Å². The van der Waals surface area contributed by atoms with Crippen LogP contribution in [0.4, 0.5) is 5.82 Å². The molecular weight excluding hydrogens is 246 g/mol. The van der Waals surface area contributed by atoms with Gasteiger partial charge < -0.3 is 10.2 Å². The van der Waals surface area contributed by atoms with Crippen LogP contribution in [0.3, 0.4) is 0 Å². The van der Waals surface area contributed by atoms with E-state index in [0.29, 0.717) is 0 Å². The van der Waals surface area contributed by atoms with Gasteiger partial charge in [-0.25, -0.2) is 4.98 Å². The summed E-state index contributed by atoms with van der Waals surface area (Å²) in [6.07, 6.45) is 2.05. The number of hydrogen-bond donors (Lipinski definition) is 1. The lowest BCUT2D eigenvalue weighted by Crippen LogP contribution is -2.45. The third kappa shape index (κ3) is 2.12. The second-order valence-corrected chi connectivity index (χ2v) is 7.94. The van der Waals surface area contributed by atoms with Crippen LogP contribution in [0.5, 0.6) is 0 Å². The zero-order valence-corrected chi connectivity index (χ0v) is 13.4. The Balaban J connectivity index is 1.87. The second kappa shape index (κ2) is 4.45. The normalized spacial score (nSPS) is 28.8. The lowest BCUT2D eigenvalue weighted by Gasteiger charge is -2.36. The number of aromatic nitrogens is 1. The third-order valence-corrected chi connectivity index (χ3v) is 5.25. The van der Waals surface area contributed by atoms with Crippen LogP contribution in [-0.2, 0) is 5.41 Å². The van der Waals surface area contributed by atoms with E-state index in [1.165, 1.54) is 5.56 Å². The summed E-state index contributed by atoms with van der Waals surface area (Å²) < 4.78 is 0. The van der Waals surface area contributed by atoms with Gasteiger partial charge in [-0.3, -0.25) is 0 Å². The molecule has 1 N–H and O–H groups in total. The first-order valence-corrected chi connectivity index (χ1v) is 7.75. The molecule has 0 amide bonds. The highest BCUT2D eigenvalue weighted by atomic mass is 15.3. The summed E-state index contributed by atoms with van der Waals surface area (Å²) >= 11 is 0. The average molecular weight is 273 g/mol. The number of fused-ring (bicyclic) bond motifs is 1. The Morgan fingerprint density at radius 2 is 2.00 bits per heavy atom. The highest BCUT2D eigenvalue weighted by molar-refractivity contribution is 5.46. The van der Waals surface area contributed by atoms with Crippen molar-refractivity contribution in [3.63, 3.8) is 0 Å². The Morgan fingerprint density at radius 3 is 2.55 bits per heavy atom. The molecule has 0 bridgehead atoms. The third-order valence-electron chi connectivity index (χ3n) is 5.25. The summed E-state index contributed by atoms with van der Waals surface area (Å²) in [6.45, 7) is 14.9. The van der Waals surface area contributed by atoms with Crippen molar-refractivity contribution in [1.29, 1.82) is 0 Å². The topological polar surface area (TPSA) is 28.2 Å². The molecule has 0 aliphatic carbocycles. The van der Waals surface area contributed by atoms with E-state index in [9.17, 15) is 0 Å². The molecule has 2 saturated heterocycles. The largest absolute Gasteiger partial charge is 0.351 e. The summed E-state index contributed by atoms with van der Waals surface area (Å²) in [4.78, 5) is 7.27. The Kier molecular flexibility index (Phi) is 3.09. The van der Waals surface area contributed by atoms with Gasteiger partial charge in [0.2, 0.25) is 0 Å². The lowest BCUT2D eigenvalue weighted by molar-refractivity contribution is 0.356. The fraction of sp³-hybridized carbons (Fsp3) is 0.706. The monoisotopic (exact) mass is 273 g/mol. The number of pyridine rings is 1. The van der Waals surface area contributed by atoms with Gasteiger partial charge in [0, 0.05) is 31.4 Å². The van der Waals surface area contributed by atoms with Crippen LogP contribution in [0.2, 0.25) is 0 Å². The molecule has 3 heterocycles. The molecule has 0 saturated carbocycles. The van der Waals surface area contributed by atoms with Crippen molar-refractivity contribution >= 4 is 5.82 Å². The van der Waals surface area contributed by atoms with E-state index in [0.717, 1.165) is 37.3 Å². The molecule has 3 rings (SSSR count). The van der Waals surface area contributed by atoms with Crippen molar-refractivity contribution in [2.24, 2.45) is 11.8 Å². The number of nitrogens with zero attached hydrogens (tertiary/aromatic N) is 2. The van der Waals surface area contributed by atoms with Gasteiger partial charge >= 0.3 is 0 Å². The van der Waals surface area contributed by atoms with E-state index in [2.05, 4.69) is 63.2 Å². The van der Waals surface area contributed by atoms with Crippen molar-refractivity contribution in [2.45, 2.75) is 45.6 Å². The molecule has 2 fully saturated rings. The molecule has 2 unspecified atom stereocenters. The van der Waals surface area contributed by atoms with Crippen LogP contribution in [-0.4, -0.2) is 30.2 Å². The van der Waals surface area contributed by atoms with Crippen LogP contribution in [0.1, 0.15) is 40.2 Å². The summed E-state index contributed by atoms with van der Waals surface area (Å²) in [5.41, 5.74) is 1.68. The molecule has 20 heavy (non-hydrogen) atoms. The number of nitrogens with one attached hydrogen (secondary N) is 1. The number of anilines is 1. The molecule has 2 atom stereocenters. The quantitative estimate of drug-likeness (QED) is 0.853. The molecule has 0 radical (unpaired) electrons. The first-order valence-electron chi connectivity index (χ1n) is 7.75. The van der Waals surface area contributed by atoms with Crippen molar-refractivity contribution in [3.8, 4) is 0 Å². The molecular formula is C17H27N3. The molecule has 0 spiro atoms. The van der Waals surface area contributed by atoms with Gasteiger partial charge in [-0.05, 0) is 42.7 Å². The van der Waals surface area contributed by atoms with Crippen LogP contribution in [0, 0.1) is 11.8 Å². The smallest absolute Gasteiger partial charge is 0.128 e. The van der Waals surface area contributed by atoms with Gasteiger partial charge in [-0.2, -0.15) is 0 Å². The standard InChI is InChI=1S/C17H27N3/c1-16(2,3)13-6-7-15(19-9-13)20-11-12-8-18-10-14(12)17(20,4)5/h6-7,9,12,14,18H,8,10-11H2,1-5H3. The van der Waals surface area contributed by atoms with Gasteiger partial charge in [0.1, 0.15) is 5.82 Å². The van der Waals surface area contributed by atoms with Crippen LogP contribution in [0.25, 0.3) is 0 Å². The van der Waals surface area contributed by atoms with Gasteiger partial charge in [0.15, 0.2) is 0 Å². The van der Waals surface area contributed by atoms with Crippen LogP contribution in [0.15, 0.2) is 18.3 Å². The Labute approximate surface area is 122 Å². The molecule has 0 aromatic carbocycles. The zero-order chi connectivity index (χ0) is 14.5. The molecule has 110 valence electrons. The maximum atomic E-state index is 4.76. The van der Waals surface area contributed by atoms with Gasteiger partial charge in [0.05, 0.1) is 0 Å². The summed E-state index contributed by atoms with van der Waals surface area (Å²) in [5, 5.41) is 3.53. The molecule has 1 aromatic heterocycles. The predicted molar refractivity (Wildman–Crippen MR) is 84.2 cm³/mol. The summed E-state index contributed by atoms with van der Waals surface area (Å²) in [7, 11) is 0. The van der Waals surface area contributed by atoms with Crippen molar-refractivity contribution in [3.05, 3.63) is 23.9 Å². The Morgan fingerprint density at radius 1 is 1.25 bits per heavy atom. The summed E-state index contributed by atoms with van der Waals surface area (Å²) in [6, 6.07) is 4.45. The SMILES string of the molecule is CC(C)(C)c1ccc(N2CC3CNCC3C2(C)C)nc1. The van der Waals surface area contributed by atoms with Crippen molar-refractivity contribution < 1.29 is 0 Å².